The summed E-state index contributed by atoms with van der Waals surface area (Å²) in [4.78, 5) is 31.2. The Balaban J connectivity index is 1.33. The van der Waals surface area contributed by atoms with Gasteiger partial charge in [-0.1, -0.05) is 59.9 Å². The van der Waals surface area contributed by atoms with E-state index in [-0.39, 0.29) is 17.4 Å². The summed E-state index contributed by atoms with van der Waals surface area (Å²) in [6, 6.07) is 24.8. The Morgan fingerprint density at radius 2 is 1.80 bits per heavy atom. The van der Waals surface area contributed by atoms with Crippen LogP contribution in [-0.4, -0.2) is 17.6 Å². The van der Waals surface area contributed by atoms with Crippen LogP contribution >= 0.6 is 11.3 Å². The molecule has 0 saturated carbocycles. The van der Waals surface area contributed by atoms with Crippen LogP contribution in [-0.2, 0) is 11.2 Å². The summed E-state index contributed by atoms with van der Waals surface area (Å²) in [5, 5.41) is 0. The first-order valence-corrected chi connectivity index (χ1v) is 14.0. The van der Waals surface area contributed by atoms with Crippen molar-refractivity contribution in [2.45, 2.75) is 18.9 Å². The van der Waals surface area contributed by atoms with Gasteiger partial charge in [0.2, 0.25) is 0 Å². The first-order chi connectivity index (χ1) is 20.0. The summed E-state index contributed by atoms with van der Waals surface area (Å²) in [6.07, 6.45) is 3.34. The number of furan rings is 1. The van der Waals surface area contributed by atoms with E-state index in [1.54, 1.807) is 53.1 Å². The van der Waals surface area contributed by atoms with Gasteiger partial charge in [-0.2, -0.15) is 0 Å². The van der Waals surface area contributed by atoms with Crippen molar-refractivity contribution in [1.29, 1.82) is 0 Å². The van der Waals surface area contributed by atoms with Gasteiger partial charge in [-0.25, -0.2) is 14.2 Å². The topological polar surface area (TPSA) is 73.8 Å². The fraction of sp³-hybridized carbons (Fsp3) is 0.121. The predicted octanol–water partition coefficient (Wildman–Crippen LogP) is 5.50. The van der Waals surface area contributed by atoms with Crippen LogP contribution in [0, 0.1) is 5.82 Å². The van der Waals surface area contributed by atoms with Crippen LogP contribution in [0.3, 0.4) is 0 Å². The highest BCUT2D eigenvalue weighted by atomic mass is 32.1. The maximum absolute atomic E-state index is 13.9. The number of halogens is 1. The number of nitrogens with zero attached hydrogens (tertiary/aromatic N) is 2. The van der Waals surface area contributed by atoms with E-state index in [1.165, 1.54) is 36.1 Å². The van der Waals surface area contributed by atoms with Gasteiger partial charge in [-0.15, -0.1) is 0 Å². The minimum absolute atomic E-state index is 0.172. The lowest BCUT2D eigenvalue weighted by Gasteiger charge is -2.30. The largest absolute Gasteiger partial charge is 0.465 e. The molecular weight excluding hydrogens is 539 g/mol. The van der Waals surface area contributed by atoms with Crippen molar-refractivity contribution in [2.24, 2.45) is 4.99 Å². The smallest absolute Gasteiger partial charge is 0.337 e. The molecule has 0 radical (unpaired) electrons. The zero-order valence-electron chi connectivity index (χ0n) is 22.0. The first kappa shape index (κ1) is 25.2. The van der Waals surface area contributed by atoms with Crippen molar-refractivity contribution >= 4 is 29.1 Å². The third-order valence-electron chi connectivity index (χ3n) is 7.55. The molecule has 0 unspecified atom stereocenters. The number of benzene rings is 3. The number of aromatic nitrogens is 1. The molecule has 2 aliphatic rings. The molecule has 41 heavy (non-hydrogen) atoms. The van der Waals surface area contributed by atoms with E-state index in [0.29, 0.717) is 26.4 Å². The number of esters is 1. The molecule has 3 aromatic carbocycles. The molecule has 3 heterocycles. The third kappa shape index (κ3) is 4.37. The molecule has 7 rings (SSSR count). The zero-order chi connectivity index (χ0) is 28.1. The highest BCUT2D eigenvalue weighted by molar-refractivity contribution is 7.07. The molecule has 1 atom stereocenters. The fourth-order valence-electron chi connectivity index (χ4n) is 5.57. The van der Waals surface area contributed by atoms with Crippen molar-refractivity contribution in [3.05, 3.63) is 144 Å². The molecule has 1 aliphatic heterocycles. The van der Waals surface area contributed by atoms with Crippen LogP contribution in [0.4, 0.5) is 4.39 Å². The Morgan fingerprint density at radius 3 is 2.59 bits per heavy atom. The first-order valence-electron chi connectivity index (χ1n) is 13.2. The maximum atomic E-state index is 13.9. The predicted molar refractivity (Wildman–Crippen MR) is 155 cm³/mol. The average molecular weight is 563 g/mol. The van der Waals surface area contributed by atoms with Crippen molar-refractivity contribution in [2.75, 3.05) is 7.11 Å². The Hall–Kier alpha value is -4.82. The van der Waals surface area contributed by atoms with E-state index in [4.69, 9.17) is 14.1 Å². The van der Waals surface area contributed by atoms with Gasteiger partial charge in [0, 0.05) is 17.2 Å². The minimum atomic E-state index is -0.406. The van der Waals surface area contributed by atoms with Crippen molar-refractivity contribution in [3.63, 3.8) is 0 Å². The lowest BCUT2D eigenvalue weighted by Crippen LogP contribution is -2.38. The summed E-state index contributed by atoms with van der Waals surface area (Å²) >= 11 is 1.31. The van der Waals surface area contributed by atoms with E-state index in [0.717, 1.165) is 40.8 Å². The van der Waals surface area contributed by atoms with Crippen LogP contribution < -0.4 is 14.9 Å². The van der Waals surface area contributed by atoms with E-state index >= 15 is 0 Å². The number of carbonyl (C=O) groups excluding carboxylic acids is 1. The Morgan fingerprint density at radius 1 is 1.02 bits per heavy atom. The van der Waals surface area contributed by atoms with Gasteiger partial charge in [-0.3, -0.25) is 9.36 Å². The maximum Gasteiger partial charge on any atom is 0.337 e. The fourth-order valence-corrected chi connectivity index (χ4v) is 6.55. The molecular formula is C33H23FN2O4S. The zero-order valence-corrected chi connectivity index (χ0v) is 22.8. The van der Waals surface area contributed by atoms with Gasteiger partial charge in [0.25, 0.3) is 5.56 Å². The summed E-state index contributed by atoms with van der Waals surface area (Å²) in [7, 11) is 1.34. The van der Waals surface area contributed by atoms with Gasteiger partial charge in [0.15, 0.2) is 4.80 Å². The highest BCUT2D eigenvalue weighted by Crippen LogP contribution is 2.41. The van der Waals surface area contributed by atoms with Crippen molar-refractivity contribution < 1.29 is 18.3 Å². The Labute approximate surface area is 238 Å². The Kier molecular flexibility index (Phi) is 6.12. The summed E-state index contributed by atoms with van der Waals surface area (Å²) in [5.41, 5.74) is 6.17. The summed E-state index contributed by atoms with van der Waals surface area (Å²) < 4.78 is 26.9. The monoisotopic (exact) mass is 562 g/mol. The normalized spacial score (nSPS) is 16.0. The highest BCUT2D eigenvalue weighted by Gasteiger charge is 2.32. The van der Waals surface area contributed by atoms with Crippen LogP contribution in [0.5, 0.6) is 0 Å². The van der Waals surface area contributed by atoms with E-state index in [2.05, 4.69) is 12.1 Å². The van der Waals surface area contributed by atoms with E-state index in [1.807, 2.05) is 18.2 Å². The number of methoxy groups -OCH3 is 1. The second-order valence-corrected chi connectivity index (χ2v) is 10.9. The van der Waals surface area contributed by atoms with Gasteiger partial charge in [-0.05, 0) is 65.9 Å². The molecule has 0 fully saturated rings. The molecule has 0 bridgehead atoms. The number of ether oxygens (including phenoxy) is 1. The average Bonchev–Trinajstić information content (AvgIpc) is 3.60. The van der Waals surface area contributed by atoms with Gasteiger partial charge >= 0.3 is 5.97 Å². The molecule has 0 spiro atoms. The molecule has 202 valence electrons. The number of hydrogen-bond donors (Lipinski definition) is 0. The molecule has 0 amide bonds. The van der Waals surface area contributed by atoms with Crippen LogP contribution in [0.1, 0.15) is 45.3 Å². The van der Waals surface area contributed by atoms with Crippen molar-refractivity contribution in [3.8, 4) is 11.3 Å². The lowest BCUT2D eigenvalue weighted by molar-refractivity contribution is 0.0600. The van der Waals surface area contributed by atoms with Gasteiger partial charge in [0.1, 0.15) is 17.3 Å². The number of aryl methyl sites for hydroxylation is 1. The number of thiazole rings is 1. The second-order valence-electron chi connectivity index (χ2n) is 9.94. The van der Waals surface area contributed by atoms with E-state index in [9.17, 15) is 14.0 Å². The summed E-state index contributed by atoms with van der Waals surface area (Å²) in [6.45, 7) is 0. The molecule has 0 N–H and O–H groups in total. The minimum Gasteiger partial charge on any atom is -0.465 e. The van der Waals surface area contributed by atoms with Gasteiger partial charge < -0.3 is 9.15 Å². The molecule has 6 nitrogen and oxygen atoms in total. The quantitative estimate of drug-likeness (QED) is 0.271. The molecule has 8 heteroatoms. The third-order valence-corrected chi connectivity index (χ3v) is 8.53. The van der Waals surface area contributed by atoms with Crippen molar-refractivity contribution in [1.82, 2.24) is 4.57 Å². The van der Waals surface area contributed by atoms with Gasteiger partial charge in [0.05, 0.1) is 28.9 Å². The standard InChI is InChI=1S/C33H23FN2O4S/c1-39-32(38)22-8-6-20(7-9-22)27-17-15-24(40-27)18-28-31(37)36-30(21-10-13-23(34)14-11-21)26-16-12-19-4-2-3-5-25(19)29(26)35-33(36)41-28/h2-11,13-15,17-18,30H,12,16H2,1H3/b28-18+/t30-/m0/s1. The lowest BCUT2D eigenvalue weighted by atomic mass is 9.83. The van der Waals surface area contributed by atoms with Crippen LogP contribution in [0.15, 0.2) is 105 Å². The number of fused-ring (bicyclic) bond motifs is 3. The van der Waals surface area contributed by atoms with E-state index < -0.39 is 5.97 Å². The molecule has 5 aromatic rings. The van der Waals surface area contributed by atoms with Crippen LogP contribution in [0.2, 0.25) is 0 Å². The SMILES string of the molecule is COC(=O)c1ccc(-c2ccc(/C=c3/sc4n(c3=O)[C@@H](c3ccc(F)cc3)C3=C(N=4)c4ccccc4CC3)o2)cc1. The number of rotatable bonds is 4. The molecule has 2 aromatic heterocycles. The van der Waals surface area contributed by atoms with Crippen LogP contribution in [0.25, 0.3) is 23.1 Å². The Bertz CT molecular complexity index is 2030. The second kappa shape index (κ2) is 9.98. The number of carbonyl (C=O) groups is 1. The summed E-state index contributed by atoms with van der Waals surface area (Å²) in [5.74, 6) is 0.403. The molecule has 0 saturated heterocycles. The molecule has 1 aliphatic carbocycles. The number of allylic oxidation sites excluding steroid dienone is 1. The number of hydrogen-bond acceptors (Lipinski definition) is 6.